The minimum Gasteiger partial charge on any atom is -0.392 e. The highest BCUT2D eigenvalue weighted by atomic mass is 16.6. The van der Waals surface area contributed by atoms with Crippen LogP contribution in [0.2, 0.25) is 0 Å². The summed E-state index contributed by atoms with van der Waals surface area (Å²) < 4.78 is 0. The van der Waals surface area contributed by atoms with Crippen molar-refractivity contribution in [1.29, 1.82) is 0 Å². The van der Waals surface area contributed by atoms with Crippen LogP contribution in [0, 0.1) is 6.57 Å². The van der Waals surface area contributed by atoms with Crippen molar-refractivity contribution in [1.82, 2.24) is 0 Å². The van der Waals surface area contributed by atoms with E-state index in [-0.39, 0.29) is 12.7 Å². The molecule has 0 saturated heterocycles. The first-order valence-electron chi connectivity index (χ1n) is 4.65. The van der Waals surface area contributed by atoms with Gasteiger partial charge in [0.15, 0.2) is 11.8 Å². The number of aliphatic hydroxyl groups excluding tert-OH is 1. The zero-order valence-electron chi connectivity index (χ0n) is 8.05. The standard InChI is InChI=1S/C11H10N2O2/c1-12-9-4-2-8(3-5-9)11-6-10(7-14)15-13-11/h2-5,10,14H,6-7H2. The number of hydrogen-bond acceptors (Lipinski definition) is 3. The van der Waals surface area contributed by atoms with Crippen LogP contribution >= 0.6 is 0 Å². The van der Waals surface area contributed by atoms with Gasteiger partial charge in [-0.05, 0) is 5.56 Å². The lowest BCUT2D eigenvalue weighted by atomic mass is 10.1. The SMILES string of the molecule is [C-]#[N+]c1ccc(C2=NOC(CO)C2)cc1. The fourth-order valence-electron chi connectivity index (χ4n) is 1.43. The predicted molar refractivity (Wildman–Crippen MR) is 55.8 cm³/mol. The maximum atomic E-state index is 8.87. The highest BCUT2D eigenvalue weighted by Gasteiger charge is 2.20. The topological polar surface area (TPSA) is 46.2 Å². The molecule has 0 saturated carbocycles. The van der Waals surface area contributed by atoms with Crippen LogP contribution in [0.5, 0.6) is 0 Å². The van der Waals surface area contributed by atoms with Crippen molar-refractivity contribution in [3.63, 3.8) is 0 Å². The summed E-state index contributed by atoms with van der Waals surface area (Å²) in [6.07, 6.45) is 0.397. The van der Waals surface area contributed by atoms with Gasteiger partial charge in [-0.15, -0.1) is 0 Å². The Bertz CT molecular complexity index is 417. The number of hydrogen-bond donors (Lipinski definition) is 1. The van der Waals surface area contributed by atoms with Crippen molar-refractivity contribution in [2.24, 2.45) is 5.16 Å². The van der Waals surface area contributed by atoms with Crippen LogP contribution in [0.1, 0.15) is 12.0 Å². The van der Waals surface area contributed by atoms with Gasteiger partial charge in [-0.1, -0.05) is 29.4 Å². The molecule has 1 atom stereocenters. The molecule has 0 radical (unpaired) electrons. The Hall–Kier alpha value is -1.86. The number of benzene rings is 1. The van der Waals surface area contributed by atoms with Crippen LogP contribution in [-0.4, -0.2) is 23.5 Å². The molecule has 0 spiro atoms. The van der Waals surface area contributed by atoms with Crippen LogP contribution in [0.25, 0.3) is 4.85 Å². The first kappa shape index (κ1) is 9.69. The highest BCUT2D eigenvalue weighted by molar-refractivity contribution is 6.01. The summed E-state index contributed by atoms with van der Waals surface area (Å²) in [5.41, 5.74) is 2.38. The molecule has 2 rings (SSSR count). The Balaban J connectivity index is 2.15. The Morgan fingerprint density at radius 1 is 1.47 bits per heavy atom. The van der Waals surface area contributed by atoms with E-state index in [1.807, 2.05) is 12.1 Å². The van der Waals surface area contributed by atoms with E-state index in [2.05, 4.69) is 10.0 Å². The molecule has 0 aliphatic carbocycles. The van der Waals surface area contributed by atoms with E-state index >= 15 is 0 Å². The van der Waals surface area contributed by atoms with Gasteiger partial charge in [-0.3, -0.25) is 0 Å². The average Bonchev–Trinajstić information content (AvgIpc) is 2.78. The van der Waals surface area contributed by atoms with Gasteiger partial charge < -0.3 is 9.94 Å². The number of rotatable bonds is 2. The summed E-state index contributed by atoms with van der Waals surface area (Å²) in [4.78, 5) is 8.31. The molecule has 1 aromatic rings. The molecular formula is C11H10N2O2. The van der Waals surface area contributed by atoms with Crippen molar-refractivity contribution in [3.05, 3.63) is 41.2 Å². The molecule has 1 aromatic carbocycles. The summed E-state index contributed by atoms with van der Waals surface area (Å²) in [5, 5.41) is 12.8. The van der Waals surface area contributed by atoms with E-state index in [1.165, 1.54) is 0 Å². The number of nitrogens with zero attached hydrogens (tertiary/aromatic N) is 2. The minimum absolute atomic E-state index is 0.0207. The quantitative estimate of drug-likeness (QED) is 0.742. The number of oxime groups is 1. The third kappa shape index (κ3) is 1.97. The van der Waals surface area contributed by atoms with Gasteiger partial charge in [0.05, 0.1) is 18.9 Å². The van der Waals surface area contributed by atoms with E-state index in [0.717, 1.165) is 11.3 Å². The fourth-order valence-corrected chi connectivity index (χ4v) is 1.43. The van der Waals surface area contributed by atoms with Gasteiger partial charge >= 0.3 is 0 Å². The van der Waals surface area contributed by atoms with E-state index in [9.17, 15) is 0 Å². The first-order chi connectivity index (χ1) is 7.33. The second kappa shape index (κ2) is 4.11. The van der Waals surface area contributed by atoms with Crippen molar-refractivity contribution < 1.29 is 9.94 Å². The average molecular weight is 202 g/mol. The largest absolute Gasteiger partial charge is 0.392 e. The van der Waals surface area contributed by atoms with Crippen molar-refractivity contribution >= 4 is 11.4 Å². The molecule has 0 bridgehead atoms. The Morgan fingerprint density at radius 2 is 2.20 bits per heavy atom. The molecule has 4 nitrogen and oxygen atoms in total. The van der Waals surface area contributed by atoms with Crippen LogP contribution in [0.15, 0.2) is 29.4 Å². The Labute approximate surface area is 87.6 Å². The van der Waals surface area contributed by atoms with Gasteiger partial charge in [0.2, 0.25) is 0 Å². The maximum absolute atomic E-state index is 8.87. The summed E-state index contributed by atoms with van der Waals surface area (Å²) >= 11 is 0. The molecule has 1 aliphatic rings. The van der Waals surface area contributed by atoms with E-state index in [1.54, 1.807) is 12.1 Å². The summed E-state index contributed by atoms with van der Waals surface area (Å²) in [6, 6.07) is 7.18. The molecule has 1 aliphatic heterocycles. The van der Waals surface area contributed by atoms with Gasteiger partial charge in [-0.25, -0.2) is 4.85 Å². The highest BCUT2D eigenvalue weighted by Crippen LogP contribution is 2.19. The molecule has 4 heteroatoms. The molecule has 1 unspecified atom stereocenters. The van der Waals surface area contributed by atoms with Crippen LogP contribution in [0.3, 0.4) is 0 Å². The zero-order chi connectivity index (χ0) is 10.7. The normalized spacial score (nSPS) is 19.2. The fraction of sp³-hybridized carbons (Fsp3) is 0.273. The molecule has 0 fully saturated rings. The zero-order valence-corrected chi connectivity index (χ0v) is 8.05. The molecule has 0 aromatic heterocycles. The van der Waals surface area contributed by atoms with Gasteiger partial charge in [-0.2, -0.15) is 0 Å². The van der Waals surface area contributed by atoms with Crippen LogP contribution in [-0.2, 0) is 4.84 Å². The molecule has 1 heterocycles. The van der Waals surface area contributed by atoms with Crippen molar-refractivity contribution in [2.75, 3.05) is 6.61 Å². The lowest BCUT2D eigenvalue weighted by molar-refractivity contribution is 0.0390. The number of aliphatic hydroxyl groups is 1. The van der Waals surface area contributed by atoms with Gasteiger partial charge in [0, 0.05) is 6.42 Å². The van der Waals surface area contributed by atoms with E-state index in [0.29, 0.717) is 12.1 Å². The minimum atomic E-state index is -0.222. The smallest absolute Gasteiger partial charge is 0.187 e. The molecular weight excluding hydrogens is 192 g/mol. The van der Waals surface area contributed by atoms with Crippen LogP contribution < -0.4 is 0 Å². The summed E-state index contributed by atoms with van der Waals surface area (Å²) in [7, 11) is 0. The third-order valence-electron chi connectivity index (χ3n) is 2.27. The molecule has 0 amide bonds. The molecule has 76 valence electrons. The second-order valence-corrected chi connectivity index (χ2v) is 3.31. The Morgan fingerprint density at radius 3 is 2.73 bits per heavy atom. The predicted octanol–water partition coefficient (Wildman–Crippen LogP) is 1.72. The van der Waals surface area contributed by atoms with Crippen molar-refractivity contribution in [3.8, 4) is 0 Å². The lowest BCUT2D eigenvalue weighted by Crippen LogP contribution is -2.12. The van der Waals surface area contributed by atoms with Gasteiger partial charge in [0.25, 0.3) is 0 Å². The van der Waals surface area contributed by atoms with Gasteiger partial charge in [0.1, 0.15) is 0 Å². The van der Waals surface area contributed by atoms with E-state index < -0.39 is 0 Å². The van der Waals surface area contributed by atoms with Crippen LogP contribution in [0.4, 0.5) is 5.69 Å². The second-order valence-electron chi connectivity index (χ2n) is 3.31. The monoisotopic (exact) mass is 202 g/mol. The van der Waals surface area contributed by atoms with Crippen molar-refractivity contribution in [2.45, 2.75) is 12.5 Å². The summed E-state index contributed by atoms with van der Waals surface area (Å²) in [6.45, 7) is 6.80. The maximum Gasteiger partial charge on any atom is 0.187 e. The lowest BCUT2D eigenvalue weighted by Gasteiger charge is -2.01. The molecule has 1 N–H and O–H groups in total. The third-order valence-corrected chi connectivity index (χ3v) is 2.27. The first-order valence-corrected chi connectivity index (χ1v) is 4.65. The van der Waals surface area contributed by atoms with E-state index in [4.69, 9.17) is 16.5 Å². The Kier molecular flexibility index (Phi) is 2.66. The molecule has 15 heavy (non-hydrogen) atoms. The summed E-state index contributed by atoms with van der Waals surface area (Å²) in [5.74, 6) is 0.